The molecule has 0 radical (unpaired) electrons. The standard InChI is InChI=1S/C20H22O6S.Na.H/c1-10-7-12(11(2)16-13(21)5-6-27(25,26)19(10)16)18(24)17-14(22)8-20(3,4)9-15(17)23;;/h7,17H,5-6,8-9H2,1-4H3;;. The summed E-state index contributed by atoms with van der Waals surface area (Å²) in [6.07, 6.45) is 0.125. The molecular formula is C20H23NaO6S. The summed E-state index contributed by atoms with van der Waals surface area (Å²) >= 11 is 0. The van der Waals surface area contributed by atoms with Crippen molar-refractivity contribution in [3.8, 4) is 0 Å². The van der Waals surface area contributed by atoms with E-state index in [1.54, 1.807) is 13.8 Å². The Labute approximate surface area is 186 Å². The first kappa shape index (κ1) is 23.1. The maximum atomic E-state index is 13.1. The summed E-state index contributed by atoms with van der Waals surface area (Å²) in [7, 11) is -3.60. The molecular weight excluding hydrogens is 391 g/mol. The second-order valence-corrected chi connectivity index (χ2v) is 10.4. The quantitative estimate of drug-likeness (QED) is 0.415. The Balaban J connectivity index is 0.00000280. The number of hydrogen-bond acceptors (Lipinski definition) is 6. The van der Waals surface area contributed by atoms with Crippen LogP contribution in [0.1, 0.15) is 65.0 Å². The van der Waals surface area contributed by atoms with Gasteiger partial charge in [-0.1, -0.05) is 13.8 Å². The fourth-order valence-corrected chi connectivity index (χ4v) is 5.96. The first-order valence-corrected chi connectivity index (χ1v) is 10.5. The number of hydrogen-bond donors (Lipinski definition) is 0. The van der Waals surface area contributed by atoms with E-state index in [9.17, 15) is 27.6 Å². The minimum absolute atomic E-state index is 0. The molecule has 8 heteroatoms. The Bertz CT molecular complexity index is 1000. The van der Waals surface area contributed by atoms with Crippen LogP contribution in [0.3, 0.4) is 0 Å². The van der Waals surface area contributed by atoms with Crippen molar-refractivity contribution in [2.24, 2.45) is 11.3 Å². The summed E-state index contributed by atoms with van der Waals surface area (Å²) in [5, 5.41) is 0. The van der Waals surface area contributed by atoms with Crippen LogP contribution < -0.4 is 0 Å². The van der Waals surface area contributed by atoms with Gasteiger partial charge in [-0.3, -0.25) is 19.2 Å². The van der Waals surface area contributed by atoms with E-state index in [2.05, 4.69) is 0 Å². The second kappa shape index (κ2) is 7.59. The van der Waals surface area contributed by atoms with Gasteiger partial charge in [0.25, 0.3) is 0 Å². The van der Waals surface area contributed by atoms with E-state index in [1.165, 1.54) is 19.9 Å². The van der Waals surface area contributed by atoms with Crippen LogP contribution in [0.5, 0.6) is 0 Å². The predicted octanol–water partition coefficient (Wildman–Crippen LogP) is 1.77. The minimum atomic E-state index is -3.60. The van der Waals surface area contributed by atoms with Crippen molar-refractivity contribution in [2.45, 2.75) is 51.9 Å². The molecule has 146 valence electrons. The number of ketones is 4. The van der Waals surface area contributed by atoms with E-state index >= 15 is 0 Å². The third-order valence-corrected chi connectivity index (χ3v) is 7.28. The monoisotopic (exact) mass is 414 g/mol. The van der Waals surface area contributed by atoms with Crippen LogP contribution in [-0.2, 0) is 19.4 Å². The molecule has 0 amide bonds. The van der Waals surface area contributed by atoms with Gasteiger partial charge in [0.15, 0.2) is 33.0 Å². The molecule has 1 saturated carbocycles. The number of Topliss-reactive ketones (excluding diaryl/α,β-unsaturated/α-hetero) is 4. The maximum absolute atomic E-state index is 13.1. The normalized spacial score (nSPS) is 21.1. The predicted molar refractivity (Wildman–Crippen MR) is 105 cm³/mol. The Morgan fingerprint density at radius 2 is 1.61 bits per heavy atom. The molecule has 0 aromatic heterocycles. The Morgan fingerprint density at radius 1 is 1.07 bits per heavy atom. The van der Waals surface area contributed by atoms with Crippen LogP contribution in [0, 0.1) is 25.2 Å². The molecule has 3 rings (SSSR count). The van der Waals surface area contributed by atoms with Crippen molar-refractivity contribution >= 4 is 62.5 Å². The van der Waals surface area contributed by atoms with Crippen molar-refractivity contribution in [3.05, 3.63) is 28.3 Å². The van der Waals surface area contributed by atoms with E-state index in [1.807, 2.05) is 0 Å². The number of rotatable bonds is 2. The van der Waals surface area contributed by atoms with Gasteiger partial charge < -0.3 is 0 Å². The van der Waals surface area contributed by atoms with Gasteiger partial charge in [0.2, 0.25) is 0 Å². The number of benzene rings is 1. The topological polar surface area (TPSA) is 102 Å². The molecule has 1 fully saturated rings. The molecule has 1 aliphatic heterocycles. The Kier molecular flexibility index (Phi) is 6.27. The third-order valence-electron chi connectivity index (χ3n) is 5.39. The molecule has 0 N–H and O–H groups in total. The zero-order valence-electron chi connectivity index (χ0n) is 15.8. The van der Waals surface area contributed by atoms with Gasteiger partial charge in [0.05, 0.1) is 10.6 Å². The van der Waals surface area contributed by atoms with Gasteiger partial charge in [-0.15, -0.1) is 0 Å². The summed E-state index contributed by atoms with van der Waals surface area (Å²) in [5.74, 6) is -3.44. The van der Waals surface area contributed by atoms with Crippen LogP contribution in [0.15, 0.2) is 11.0 Å². The van der Waals surface area contributed by atoms with Gasteiger partial charge in [-0.2, -0.15) is 0 Å². The van der Waals surface area contributed by atoms with Gasteiger partial charge in [0, 0.05) is 30.4 Å². The SMILES string of the molecule is Cc1cc(C(=O)C2C(=O)CC(C)(C)CC2=O)c(C)c2c1S(=O)(=O)CCC2=O.[NaH]. The summed E-state index contributed by atoms with van der Waals surface area (Å²) < 4.78 is 24.8. The first-order valence-electron chi connectivity index (χ1n) is 8.85. The van der Waals surface area contributed by atoms with Crippen molar-refractivity contribution in [1.29, 1.82) is 0 Å². The summed E-state index contributed by atoms with van der Waals surface area (Å²) in [6.45, 7) is 6.65. The van der Waals surface area contributed by atoms with Crippen LogP contribution in [0.4, 0.5) is 0 Å². The van der Waals surface area contributed by atoms with Gasteiger partial charge in [-0.05, 0) is 36.5 Å². The van der Waals surface area contributed by atoms with E-state index in [-0.39, 0.29) is 81.9 Å². The van der Waals surface area contributed by atoms with Crippen LogP contribution in [0.25, 0.3) is 0 Å². The van der Waals surface area contributed by atoms with Crippen molar-refractivity contribution in [3.63, 3.8) is 0 Å². The summed E-state index contributed by atoms with van der Waals surface area (Å²) in [5.41, 5.74) is 0.168. The Morgan fingerprint density at radius 3 is 2.14 bits per heavy atom. The Hall–Kier alpha value is -1.15. The first-order chi connectivity index (χ1) is 12.4. The average molecular weight is 414 g/mol. The molecule has 28 heavy (non-hydrogen) atoms. The number of carbonyl (C=O) groups excluding carboxylic acids is 4. The van der Waals surface area contributed by atoms with Gasteiger partial charge in [0.1, 0.15) is 5.92 Å². The van der Waals surface area contributed by atoms with Crippen LogP contribution in [-0.4, -0.2) is 66.9 Å². The molecule has 2 aliphatic rings. The van der Waals surface area contributed by atoms with Crippen LogP contribution in [0.2, 0.25) is 0 Å². The van der Waals surface area contributed by atoms with E-state index in [0.717, 1.165) is 0 Å². The molecule has 1 aliphatic carbocycles. The van der Waals surface area contributed by atoms with Gasteiger partial charge in [-0.25, -0.2) is 8.42 Å². The zero-order valence-corrected chi connectivity index (χ0v) is 16.7. The van der Waals surface area contributed by atoms with Crippen molar-refractivity contribution in [2.75, 3.05) is 5.75 Å². The fourth-order valence-electron chi connectivity index (χ4n) is 4.18. The fraction of sp³-hybridized carbons (Fsp3) is 0.500. The molecule has 1 aromatic carbocycles. The number of fused-ring (bicyclic) bond motifs is 1. The molecule has 6 nitrogen and oxygen atoms in total. The molecule has 1 aromatic rings. The van der Waals surface area contributed by atoms with E-state index in [0.29, 0.717) is 5.56 Å². The number of aryl methyl sites for hydroxylation is 1. The summed E-state index contributed by atoms with van der Waals surface area (Å²) in [6, 6.07) is 1.40. The zero-order chi connectivity index (χ0) is 20.3. The third kappa shape index (κ3) is 3.82. The summed E-state index contributed by atoms with van der Waals surface area (Å²) in [4.78, 5) is 50.4. The second-order valence-electron chi connectivity index (χ2n) is 8.31. The van der Waals surface area contributed by atoms with Crippen LogP contribution >= 0.6 is 0 Å². The van der Waals surface area contributed by atoms with E-state index < -0.39 is 38.5 Å². The number of sulfone groups is 1. The molecule has 0 saturated heterocycles. The average Bonchev–Trinajstić information content (AvgIpc) is 2.51. The van der Waals surface area contributed by atoms with Gasteiger partial charge >= 0.3 is 29.6 Å². The molecule has 1 heterocycles. The molecule has 0 bridgehead atoms. The number of carbonyl (C=O) groups is 4. The van der Waals surface area contributed by atoms with E-state index in [4.69, 9.17) is 0 Å². The van der Waals surface area contributed by atoms with Crippen molar-refractivity contribution < 1.29 is 27.6 Å². The molecule has 0 atom stereocenters. The molecule has 0 spiro atoms. The molecule has 0 unspecified atom stereocenters. The van der Waals surface area contributed by atoms with Crippen molar-refractivity contribution in [1.82, 2.24) is 0 Å².